The molecule has 1 aromatic heterocycles. The third-order valence-corrected chi connectivity index (χ3v) is 3.02. The summed E-state index contributed by atoms with van der Waals surface area (Å²) in [6, 6.07) is 0. The largest absolute Gasteiger partial charge is 0.477 e. The van der Waals surface area contributed by atoms with Crippen LogP contribution in [0.2, 0.25) is 0 Å². The highest BCUT2D eigenvalue weighted by Gasteiger charge is 2.32. The van der Waals surface area contributed by atoms with Crippen molar-refractivity contribution in [3.8, 4) is 0 Å². The van der Waals surface area contributed by atoms with E-state index in [1.807, 2.05) is 20.8 Å². The number of carboxylic acids is 1. The second kappa shape index (κ2) is 5.77. The molecule has 6 nitrogen and oxygen atoms in total. The number of nitrogens with zero attached hydrogens (tertiary/aromatic N) is 1. The van der Waals surface area contributed by atoms with Gasteiger partial charge in [0.05, 0.1) is 0 Å². The minimum Gasteiger partial charge on any atom is -0.477 e. The number of hydrogen-bond donors (Lipinski definition) is 2. The lowest BCUT2D eigenvalue weighted by Crippen LogP contribution is -2.34. The van der Waals surface area contributed by atoms with Crippen molar-refractivity contribution in [2.45, 2.75) is 39.2 Å². The molecule has 0 atom stereocenters. The first-order chi connectivity index (χ1) is 8.50. The zero-order valence-electron chi connectivity index (χ0n) is 10.8. The number of hydrogen-bond acceptors (Lipinski definition) is 4. The number of H-pyrrole nitrogens is 1. The van der Waals surface area contributed by atoms with E-state index in [2.05, 4.69) is 9.97 Å². The lowest BCUT2D eigenvalue weighted by molar-refractivity contribution is -0.0573. The van der Waals surface area contributed by atoms with Crippen LogP contribution in [0.25, 0.3) is 0 Å². The lowest BCUT2D eigenvalue weighted by Gasteiger charge is -2.30. The molecule has 0 spiro atoms. The zero-order valence-corrected chi connectivity index (χ0v) is 10.8. The molecule has 0 fully saturated rings. The molecule has 18 heavy (non-hydrogen) atoms. The van der Waals surface area contributed by atoms with E-state index in [-0.39, 0.29) is 5.56 Å². The van der Waals surface area contributed by atoms with Gasteiger partial charge in [0.15, 0.2) is 0 Å². The highest BCUT2D eigenvalue weighted by atomic mass is 16.5. The second-order valence-electron chi connectivity index (χ2n) is 3.91. The van der Waals surface area contributed by atoms with Crippen LogP contribution in [0.5, 0.6) is 0 Å². The van der Waals surface area contributed by atoms with Gasteiger partial charge in [-0.3, -0.25) is 4.79 Å². The van der Waals surface area contributed by atoms with Gasteiger partial charge in [0.1, 0.15) is 17.0 Å². The second-order valence-corrected chi connectivity index (χ2v) is 3.91. The van der Waals surface area contributed by atoms with Crippen LogP contribution in [0, 0.1) is 0 Å². The molecule has 100 valence electrons. The summed E-state index contributed by atoms with van der Waals surface area (Å²) in [6.45, 7) is 6.23. The molecule has 1 heterocycles. The summed E-state index contributed by atoms with van der Waals surface area (Å²) in [6.07, 6.45) is 2.37. The van der Waals surface area contributed by atoms with E-state index in [1.54, 1.807) is 0 Å². The average Bonchev–Trinajstić information content (AvgIpc) is 2.35. The summed E-state index contributed by atoms with van der Waals surface area (Å²) in [5.41, 5.74) is -1.68. The van der Waals surface area contributed by atoms with Gasteiger partial charge >= 0.3 is 5.97 Å². The Labute approximate surface area is 105 Å². The Hall–Kier alpha value is -1.69. The minimum absolute atomic E-state index is 0.364. The molecule has 6 heteroatoms. The summed E-state index contributed by atoms with van der Waals surface area (Å²) < 4.78 is 5.69. The summed E-state index contributed by atoms with van der Waals surface area (Å²) in [7, 11) is 0. The highest BCUT2D eigenvalue weighted by molar-refractivity contribution is 5.86. The van der Waals surface area contributed by atoms with Crippen LogP contribution in [-0.4, -0.2) is 27.7 Å². The number of aromatic nitrogens is 2. The molecule has 1 rings (SSSR count). The van der Waals surface area contributed by atoms with Crippen LogP contribution in [0.4, 0.5) is 0 Å². The van der Waals surface area contributed by atoms with Gasteiger partial charge < -0.3 is 14.8 Å². The van der Waals surface area contributed by atoms with Gasteiger partial charge in [0, 0.05) is 12.8 Å². The maximum Gasteiger partial charge on any atom is 0.342 e. The van der Waals surface area contributed by atoms with E-state index in [0.717, 1.165) is 6.20 Å². The number of rotatable bonds is 6. The smallest absolute Gasteiger partial charge is 0.342 e. The van der Waals surface area contributed by atoms with Crippen molar-refractivity contribution < 1.29 is 14.6 Å². The molecule has 0 amide bonds. The molecule has 1 aromatic rings. The number of aromatic amines is 1. The first kappa shape index (κ1) is 14.4. The maximum absolute atomic E-state index is 11.6. The van der Waals surface area contributed by atoms with E-state index in [4.69, 9.17) is 9.84 Å². The zero-order chi connectivity index (χ0) is 13.8. The van der Waals surface area contributed by atoms with Gasteiger partial charge in [-0.05, 0) is 19.8 Å². The van der Waals surface area contributed by atoms with Crippen molar-refractivity contribution in [2.75, 3.05) is 6.61 Å². The number of carbonyl (C=O) groups is 1. The standard InChI is InChI=1S/C12H18N2O4/c1-4-12(5-2,18-6-3)11-13-7-8(10(16)17)9(15)14-11/h7H,4-6H2,1-3H3,(H,16,17)(H,13,14,15). The Morgan fingerprint density at radius 3 is 2.44 bits per heavy atom. The first-order valence-corrected chi connectivity index (χ1v) is 5.97. The van der Waals surface area contributed by atoms with E-state index >= 15 is 0 Å². The first-order valence-electron chi connectivity index (χ1n) is 5.97. The molecule has 0 saturated heterocycles. The predicted octanol–water partition coefficient (Wildman–Crippen LogP) is 1.52. The van der Waals surface area contributed by atoms with Crippen molar-refractivity contribution in [1.29, 1.82) is 0 Å². The van der Waals surface area contributed by atoms with Gasteiger partial charge in [0.2, 0.25) is 0 Å². The number of carboxylic acid groups (broad SMARTS) is 1. The minimum atomic E-state index is -1.29. The molecule has 0 unspecified atom stereocenters. The summed E-state index contributed by atoms with van der Waals surface area (Å²) in [5, 5.41) is 8.79. The number of ether oxygens (including phenoxy) is 1. The van der Waals surface area contributed by atoms with Gasteiger partial charge in [-0.25, -0.2) is 9.78 Å². The Kier molecular flexibility index (Phi) is 4.61. The molecule has 0 bridgehead atoms. The third kappa shape index (κ3) is 2.59. The molecule has 0 aliphatic heterocycles. The molecule has 0 aliphatic carbocycles. The van der Waals surface area contributed by atoms with E-state index < -0.39 is 17.1 Å². The number of nitrogens with one attached hydrogen (secondary N) is 1. The fourth-order valence-electron chi connectivity index (χ4n) is 1.91. The van der Waals surface area contributed by atoms with Gasteiger partial charge in [-0.15, -0.1) is 0 Å². The van der Waals surface area contributed by atoms with Gasteiger partial charge in [-0.2, -0.15) is 0 Å². The summed E-state index contributed by atoms with van der Waals surface area (Å²) >= 11 is 0. The Balaban J connectivity index is 3.27. The van der Waals surface area contributed by atoms with Crippen molar-refractivity contribution in [3.63, 3.8) is 0 Å². The quantitative estimate of drug-likeness (QED) is 0.803. The van der Waals surface area contributed by atoms with Crippen molar-refractivity contribution in [3.05, 3.63) is 27.9 Å². The van der Waals surface area contributed by atoms with Crippen LogP contribution < -0.4 is 5.56 Å². The van der Waals surface area contributed by atoms with Gasteiger partial charge in [0.25, 0.3) is 5.56 Å². The molecular formula is C12H18N2O4. The molecule has 0 radical (unpaired) electrons. The van der Waals surface area contributed by atoms with Crippen LogP contribution in [0.1, 0.15) is 49.8 Å². The normalized spacial score (nSPS) is 11.5. The third-order valence-electron chi connectivity index (χ3n) is 3.02. The van der Waals surface area contributed by atoms with E-state index in [0.29, 0.717) is 25.3 Å². The van der Waals surface area contributed by atoms with Crippen LogP contribution in [0.15, 0.2) is 11.0 Å². The average molecular weight is 254 g/mol. The predicted molar refractivity (Wildman–Crippen MR) is 65.7 cm³/mol. The van der Waals surface area contributed by atoms with Gasteiger partial charge in [-0.1, -0.05) is 13.8 Å². The summed E-state index contributed by atoms with van der Waals surface area (Å²) in [5.74, 6) is -0.908. The fraction of sp³-hybridized carbons (Fsp3) is 0.583. The molecule has 2 N–H and O–H groups in total. The SMILES string of the molecule is CCOC(CC)(CC)c1ncc(C(=O)O)c(=O)[nH]1. The molecule has 0 aromatic carbocycles. The summed E-state index contributed by atoms with van der Waals surface area (Å²) in [4.78, 5) is 28.9. The Morgan fingerprint density at radius 2 is 2.06 bits per heavy atom. The van der Waals surface area contributed by atoms with Crippen molar-refractivity contribution in [1.82, 2.24) is 9.97 Å². The number of aromatic carboxylic acids is 1. The topological polar surface area (TPSA) is 92.3 Å². The molecular weight excluding hydrogens is 236 g/mol. The molecule has 0 saturated carbocycles. The Bertz CT molecular complexity index is 477. The Morgan fingerprint density at radius 1 is 1.44 bits per heavy atom. The van der Waals surface area contributed by atoms with Crippen molar-refractivity contribution in [2.24, 2.45) is 0 Å². The van der Waals surface area contributed by atoms with E-state index in [1.165, 1.54) is 0 Å². The van der Waals surface area contributed by atoms with Crippen LogP contribution >= 0.6 is 0 Å². The molecule has 0 aliphatic rings. The van der Waals surface area contributed by atoms with Crippen LogP contribution in [-0.2, 0) is 10.3 Å². The van der Waals surface area contributed by atoms with E-state index in [9.17, 15) is 9.59 Å². The fourth-order valence-corrected chi connectivity index (χ4v) is 1.91. The van der Waals surface area contributed by atoms with Crippen LogP contribution in [0.3, 0.4) is 0 Å². The lowest BCUT2D eigenvalue weighted by atomic mass is 9.96. The highest BCUT2D eigenvalue weighted by Crippen LogP contribution is 2.29. The monoisotopic (exact) mass is 254 g/mol. The van der Waals surface area contributed by atoms with Crippen molar-refractivity contribution >= 4 is 5.97 Å². The maximum atomic E-state index is 11.6.